The zero-order valence-corrected chi connectivity index (χ0v) is 21.1. The van der Waals surface area contributed by atoms with Crippen molar-refractivity contribution < 1.29 is 55.9 Å². The average molecular weight is 568 g/mol. The van der Waals surface area contributed by atoms with Gasteiger partial charge in [-0.25, -0.2) is 0 Å². The molecule has 0 aliphatic heterocycles. The van der Waals surface area contributed by atoms with Crippen LogP contribution in [0.2, 0.25) is 0 Å². The molecule has 2 amide bonds. The zero-order valence-electron chi connectivity index (χ0n) is 20.2. The summed E-state index contributed by atoms with van der Waals surface area (Å²) in [5.74, 6) is -3.83. The molecule has 3 aromatic carbocycles. The van der Waals surface area contributed by atoms with Crippen molar-refractivity contribution in [2.75, 3.05) is 13.7 Å². The Balaban J connectivity index is 0.00000507. The van der Waals surface area contributed by atoms with E-state index in [2.05, 4.69) is 10.6 Å². The van der Waals surface area contributed by atoms with E-state index < -0.39 is 47.5 Å². The van der Waals surface area contributed by atoms with E-state index in [-0.39, 0.29) is 35.8 Å². The number of rotatable bonds is 12. The Bertz CT molecular complexity index is 1230. The van der Waals surface area contributed by atoms with Crippen LogP contribution in [0.15, 0.2) is 72.8 Å². The molecule has 0 aliphatic carbocycles. The molecule has 0 saturated heterocycles. The Morgan fingerprint density at radius 3 is 1.97 bits per heavy atom. The van der Waals surface area contributed by atoms with Gasteiger partial charge >= 0.3 is 17.1 Å². The minimum atomic E-state index is -1.62. The van der Waals surface area contributed by atoms with Crippen molar-refractivity contribution in [3.63, 3.8) is 0 Å². The molecule has 2 N–H and O–H groups in total. The third-order valence-corrected chi connectivity index (χ3v) is 5.31. The van der Waals surface area contributed by atoms with Gasteiger partial charge in [0.05, 0.1) is 19.0 Å². The Morgan fingerprint density at radius 2 is 1.42 bits per heavy atom. The van der Waals surface area contributed by atoms with E-state index in [1.165, 1.54) is 0 Å². The van der Waals surface area contributed by atoms with Gasteiger partial charge in [0.1, 0.15) is 17.5 Å². The smallest absolute Gasteiger partial charge is 0.545 e. The first-order valence-corrected chi connectivity index (χ1v) is 11.2. The molecule has 3 rings (SSSR count). The molecule has 1 atom stereocenters. The number of hydrogen-bond donors (Lipinski definition) is 2. The van der Waals surface area contributed by atoms with Crippen LogP contribution >= 0.6 is 0 Å². The maximum atomic E-state index is 13.0. The summed E-state index contributed by atoms with van der Waals surface area (Å²) in [5.41, 5.74) is 0.751. The second-order valence-electron chi connectivity index (χ2n) is 7.99. The SMILES string of the molecule is COc1ccc(CNC(=O)[C@H](Cc2ccccc2)NC(=O)COc2cc(C(=O)[O-])cc(C(=O)[O-])c2)cc1.[Cu+2]. The van der Waals surface area contributed by atoms with Crippen molar-refractivity contribution >= 4 is 23.8 Å². The van der Waals surface area contributed by atoms with Crippen LogP contribution in [-0.2, 0) is 39.6 Å². The number of hydrogen-bond acceptors (Lipinski definition) is 8. The fourth-order valence-electron chi connectivity index (χ4n) is 3.42. The van der Waals surface area contributed by atoms with E-state index in [1.807, 2.05) is 30.3 Å². The topological polar surface area (TPSA) is 157 Å². The number of methoxy groups -OCH3 is 1. The van der Waals surface area contributed by atoms with Gasteiger partial charge in [-0.1, -0.05) is 42.5 Å². The summed E-state index contributed by atoms with van der Waals surface area (Å²) >= 11 is 0. The van der Waals surface area contributed by atoms with Crippen molar-refractivity contribution in [3.05, 3.63) is 95.1 Å². The molecule has 0 aromatic heterocycles. The molecule has 38 heavy (non-hydrogen) atoms. The van der Waals surface area contributed by atoms with Crippen molar-refractivity contribution in [3.8, 4) is 11.5 Å². The van der Waals surface area contributed by atoms with E-state index in [9.17, 15) is 29.4 Å². The van der Waals surface area contributed by atoms with Crippen LogP contribution in [0.1, 0.15) is 31.8 Å². The van der Waals surface area contributed by atoms with E-state index in [1.54, 1.807) is 31.4 Å². The zero-order chi connectivity index (χ0) is 26.8. The van der Waals surface area contributed by atoms with Crippen molar-refractivity contribution in [2.45, 2.75) is 19.0 Å². The predicted molar refractivity (Wildman–Crippen MR) is 128 cm³/mol. The van der Waals surface area contributed by atoms with Gasteiger partial charge in [0.25, 0.3) is 5.91 Å². The van der Waals surface area contributed by atoms with Gasteiger partial charge in [-0.2, -0.15) is 0 Å². The van der Waals surface area contributed by atoms with Gasteiger partial charge < -0.3 is 39.9 Å². The number of carbonyl (C=O) groups excluding carboxylic acids is 4. The molecular formula is C27H24CuN2O8. The number of aromatic carboxylic acids is 2. The molecular weight excluding hydrogens is 544 g/mol. The van der Waals surface area contributed by atoms with E-state index in [4.69, 9.17) is 9.47 Å². The maximum absolute atomic E-state index is 13.0. The van der Waals surface area contributed by atoms with E-state index >= 15 is 0 Å². The largest absolute Gasteiger partial charge is 2.00 e. The summed E-state index contributed by atoms with van der Waals surface area (Å²) in [6.07, 6.45) is 0.204. The number of carboxylic acids is 2. The second-order valence-corrected chi connectivity index (χ2v) is 7.99. The quantitative estimate of drug-likeness (QED) is 0.286. The van der Waals surface area contributed by atoms with Crippen LogP contribution in [0, 0.1) is 0 Å². The molecule has 0 bridgehead atoms. The van der Waals surface area contributed by atoms with Crippen LogP contribution in [0.3, 0.4) is 0 Å². The van der Waals surface area contributed by atoms with E-state index in [0.717, 1.165) is 29.3 Å². The average Bonchev–Trinajstić information content (AvgIpc) is 2.90. The number of ether oxygens (including phenoxy) is 2. The fraction of sp³-hybridized carbons (Fsp3) is 0.185. The van der Waals surface area contributed by atoms with Crippen molar-refractivity contribution in [1.82, 2.24) is 10.6 Å². The van der Waals surface area contributed by atoms with Crippen LogP contribution < -0.4 is 30.3 Å². The summed E-state index contributed by atoms with van der Waals surface area (Å²) in [6, 6.07) is 18.2. The maximum Gasteiger partial charge on any atom is 2.00 e. The van der Waals surface area contributed by atoms with Crippen LogP contribution in [0.25, 0.3) is 0 Å². The Morgan fingerprint density at radius 1 is 0.816 bits per heavy atom. The Labute approximate surface area is 229 Å². The molecule has 0 fully saturated rings. The molecule has 1 radical (unpaired) electrons. The first-order valence-electron chi connectivity index (χ1n) is 11.2. The van der Waals surface area contributed by atoms with Crippen LogP contribution in [0.5, 0.6) is 11.5 Å². The first-order chi connectivity index (χ1) is 17.7. The van der Waals surface area contributed by atoms with Crippen molar-refractivity contribution in [1.29, 1.82) is 0 Å². The van der Waals surface area contributed by atoms with Crippen LogP contribution in [0.4, 0.5) is 0 Å². The van der Waals surface area contributed by atoms with Gasteiger partial charge in [-0.3, -0.25) is 9.59 Å². The summed E-state index contributed by atoms with van der Waals surface area (Å²) in [5, 5.41) is 27.7. The fourth-order valence-corrected chi connectivity index (χ4v) is 3.42. The van der Waals surface area contributed by atoms with Gasteiger partial charge in [-0.15, -0.1) is 0 Å². The molecule has 0 saturated carbocycles. The summed E-state index contributed by atoms with van der Waals surface area (Å²) in [6.45, 7) is -0.372. The molecule has 11 heteroatoms. The standard InChI is InChI=1S/C27H26N2O8.Cu/c1-36-21-9-7-18(8-10-21)15-28-25(31)23(11-17-5-3-2-4-6-17)29-24(30)16-37-22-13-19(26(32)33)12-20(14-22)27(34)35;/h2-10,12-14,23H,11,15-16H2,1H3,(H,28,31)(H,29,30)(H,32,33)(H,34,35);/q;+2/p-2/t23-;/m0./s1. The monoisotopic (exact) mass is 567 g/mol. The number of amides is 2. The third kappa shape index (κ3) is 8.95. The minimum Gasteiger partial charge on any atom is -0.545 e. The third-order valence-electron chi connectivity index (χ3n) is 5.31. The molecule has 3 aromatic rings. The van der Waals surface area contributed by atoms with Crippen molar-refractivity contribution in [2.24, 2.45) is 0 Å². The number of carbonyl (C=O) groups is 4. The molecule has 10 nitrogen and oxygen atoms in total. The number of nitrogens with one attached hydrogen (secondary N) is 2. The normalized spacial score (nSPS) is 10.9. The second kappa shape index (κ2) is 14.4. The van der Waals surface area contributed by atoms with Crippen LogP contribution in [-0.4, -0.2) is 43.5 Å². The number of carboxylic acid groups (broad SMARTS) is 2. The minimum absolute atomic E-state index is 0. The molecule has 0 heterocycles. The molecule has 0 unspecified atom stereocenters. The molecule has 0 aliphatic rings. The summed E-state index contributed by atoms with van der Waals surface area (Å²) in [7, 11) is 1.56. The predicted octanol–water partition coefficient (Wildman–Crippen LogP) is -0.158. The Kier molecular flexibility index (Phi) is 11.3. The summed E-state index contributed by atoms with van der Waals surface area (Å²) in [4.78, 5) is 47.9. The van der Waals surface area contributed by atoms with E-state index in [0.29, 0.717) is 5.75 Å². The van der Waals surface area contributed by atoms with Gasteiger partial charge in [0.15, 0.2) is 6.61 Å². The molecule has 201 valence electrons. The summed E-state index contributed by atoms with van der Waals surface area (Å²) < 4.78 is 10.4. The van der Waals surface area contributed by atoms with Gasteiger partial charge in [0.2, 0.25) is 5.91 Å². The Hall–Kier alpha value is -4.34. The van der Waals surface area contributed by atoms with Gasteiger partial charge in [-0.05, 0) is 41.5 Å². The van der Waals surface area contributed by atoms with Gasteiger partial charge in [0, 0.05) is 24.1 Å². The first kappa shape index (κ1) is 29.9. The number of benzene rings is 3. The molecule has 0 spiro atoms.